The molecule has 1 aromatic carbocycles. The maximum atomic E-state index is 13.8. The highest BCUT2D eigenvalue weighted by Crippen LogP contribution is 2.34. The molecule has 1 aliphatic rings. The lowest BCUT2D eigenvalue weighted by Crippen LogP contribution is -2.60. The van der Waals surface area contributed by atoms with E-state index >= 15 is 0 Å². The Kier molecular flexibility index (Phi) is 14.6. The van der Waals surface area contributed by atoms with Gasteiger partial charge in [0.25, 0.3) is 36.8 Å². The van der Waals surface area contributed by atoms with E-state index in [9.17, 15) is 48.9 Å². The number of nitrogens with one attached hydrogen (secondary N) is 2. The number of aldehydes is 1. The van der Waals surface area contributed by atoms with Crippen molar-refractivity contribution < 1.29 is 56.8 Å². The third-order valence-electron chi connectivity index (χ3n) is 7.97. The summed E-state index contributed by atoms with van der Waals surface area (Å²) < 4.78 is 1.48. The zero-order valence-corrected chi connectivity index (χ0v) is 29.2. The van der Waals surface area contributed by atoms with E-state index in [-0.39, 0.29) is 6.54 Å². The maximum Gasteiger partial charge on any atom is 0.424 e. The molecule has 0 saturated carbocycles. The van der Waals surface area contributed by atoms with Crippen LogP contribution in [0.3, 0.4) is 0 Å². The zero-order valence-electron chi connectivity index (χ0n) is 27.6. The fourth-order valence-electron chi connectivity index (χ4n) is 5.68. The number of carbonyl (C=O) groups is 7. The molecule has 15 nitrogen and oxygen atoms in total. The van der Waals surface area contributed by atoms with Crippen molar-refractivity contribution in [3.63, 3.8) is 0 Å². The topological polar surface area (TPSA) is 214 Å². The summed E-state index contributed by atoms with van der Waals surface area (Å²) in [5, 5.41) is 35.4. The van der Waals surface area contributed by atoms with Gasteiger partial charge in [0.2, 0.25) is 11.9 Å². The summed E-state index contributed by atoms with van der Waals surface area (Å²) in [5.41, 5.74) is 2.19. The quantitative estimate of drug-likeness (QED) is 0.113. The number of carbonyl (C=O) groups excluding carboxylic acids is 5. The van der Waals surface area contributed by atoms with Crippen LogP contribution < -0.4 is 10.6 Å². The Bertz CT molecular complexity index is 1480. The Labute approximate surface area is 289 Å². The van der Waals surface area contributed by atoms with Crippen molar-refractivity contribution in [2.24, 2.45) is 11.8 Å². The molecule has 1 aromatic rings. The molecule has 48 heavy (non-hydrogen) atoms. The summed E-state index contributed by atoms with van der Waals surface area (Å²) in [6.45, 7) is 9.65. The Hall–Kier alpha value is -3.93. The molecule has 0 fully saturated rings. The molecular formula is C31H43N5O10S2+2. The average molecular weight is 710 g/mol. The van der Waals surface area contributed by atoms with Gasteiger partial charge in [-0.25, -0.2) is 9.59 Å². The number of aliphatic hydroxyl groups excluding tert-OH is 1. The first-order valence-corrected chi connectivity index (χ1v) is 16.0. The van der Waals surface area contributed by atoms with Gasteiger partial charge in [0.05, 0.1) is 25.8 Å². The molecule has 17 heteroatoms. The maximum absolute atomic E-state index is 13.8. The molecule has 0 bridgehead atoms. The lowest BCUT2D eigenvalue weighted by Gasteiger charge is -2.41. The first-order valence-electron chi connectivity index (χ1n) is 15.3. The SMILES string of the molecule is CC(=O)[N+](=S)[C@H](C(=O)N[C@@H](CC(=O)O)C(=O)[N+](=S)[C@@H](C(C)C)C(O)N1CCc2cc(C)ccc2[C@@H]1C(=O)N[C@H](C=O)CC(=O)O)C(C)C. The molecule has 262 valence electrons. The average Bonchev–Trinajstić information content (AvgIpc) is 2.98. The predicted octanol–water partition coefficient (Wildman–Crippen LogP) is -0.0612. The van der Waals surface area contributed by atoms with Gasteiger partial charge in [-0.1, -0.05) is 59.3 Å². The van der Waals surface area contributed by atoms with E-state index < -0.39 is 96.7 Å². The summed E-state index contributed by atoms with van der Waals surface area (Å²) in [5.74, 6) is -7.10. The summed E-state index contributed by atoms with van der Waals surface area (Å²) in [7, 11) is 0. The molecule has 4 amide bonds. The second-order valence-corrected chi connectivity index (χ2v) is 13.2. The first kappa shape index (κ1) is 40.2. The highest BCUT2D eigenvalue weighted by Gasteiger charge is 2.49. The summed E-state index contributed by atoms with van der Waals surface area (Å²) >= 11 is 10.6. The van der Waals surface area contributed by atoms with Crippen molar-refractivity contribution in [3.05, 3.63) is 34.9 Å². The van der Waals surface area contributed by atoms with Crippen molar-refractivity contribution in [1.82, 2.24) is 15.5 Å². The Morgan fingerprint density at radius 2 is 1.58 bits per heavy atom. The third-order valence-corrected chi connectivity index (χ3v) is 8.88. The van der Waals surface area contributed by atoms with Crippen molar-refractivity contribution in [1.29, 1.82) is 0 Å². The van der Waals surface area contributed by atoms with Crippen LogP contribution in [0.15, 0.2) is 18.2 Å². The van der Waals surface area contributed by atoms with Crippen molar-refractivity contribution >= 4 is 66.7 Å². The Morgan fingerprint density at radius 3 is 2.08 bits per heavy atom. The van der Waals surface area contributed by atoms with Crippen LogP contribution in [0, 0.1) is 18.8 Å². The van der Waals surface area contributed by atoms with E-state index in [1.807, 2.05) is 13.0 Å². The summed E-state index contributed by atoms with van der Waals surface area (Å²) in [6.07, 6.45) is -2.50. The fraction of sp³-hybridized carbons (Fsp3) is 0.581. The zero-order chi connectivity index (χ0) is 36.6. The molecular weight excluding hydrogens is 667 g/mol. The molecule has 0 spiro atoms. The van der Waals surface area contributed by atoms with Gasteiger partial charge in [0, 0.05) is 18.4 Å². The number of benzene rings is 1. The number of aliphatic carboxylic acids is 2. The van der Waals surface area contributed by atoms with Gasteiger partial charge in [0.15, 0.2) is 12.3 Å². The second kappa shape index (κ2) is 17.5. The number of fused-ring (bicyclic) bond motifs is 1. The van der Waals surface area contributed by atoms with Crippen LogP contribution in [0.2, 0.25) is 0 Å². The Balaban J connectivity index is 2.52. The van der Waals surface area contributed by atoms with E-state index in [0.717, 1.165) is 22.0 Å². The number of aryl methyl sites for hydroxylation is 1. The van der Waals surface area contributed by atoms with Gasteiger partial charge in [-0.05, 0) is 24.5 Å². The van der Waals surface area contributed by atoms with Gasteiger partial charge in [-0.2, -0.15) is 0 Å². The third kappa shape index (κ3) is 10.0. The summed E-state index contributed by atoms with van der Waals surface area (Å²) in [4.78, 5) is 88.7. The van der Waals surface area contributed by atoms with Crippen LogP contribution in [0.25, 0.3) is 0 Å². The highest BCUT2D eigenvalue weighted by molar-refractivity contribution is 7.44. The van der Waals surface area contributed by atoms with E-state index in [2.05, 4.69) is 10.6 Å². The minimum Gasteiger partial charge on any atom is -0.481 e. The molecule has 6 atom stereocenters. The predicted molar refractivity (Wildman–Crippen MR) is 173 cm³/mol. The van der Waals surface area contributed by atoms with Crippen LogP contribution in [0.4, 0.5) is 0 Å². The van der Waals surface area contributed by atoms with Gasteiger partial charge in [0.1, 0.15) is 12.3 Å². The number of nitrogens with zero attached hydrogens (tertiary/aromatic N) is 3. The molecule has 2 rings (SSSR count). The van der Waals surface area contributed by atoms with E-state index in [0.29, 0.717) is 22.2 Å². The smallest absolute Gasteiger partial charge is 0.424 e. The second-order valence-electron chi connectivity index (χ2n) is 12.4. The number of aliphatic hydroxyl groups is 1. The van der Waals surface area contributed by atoms with Gasteiger partial charge in [-0.15, -0.1) is 0 Å². The molecule has 5 N–H and O–H groups in total. The molecule has 0 aliphatic carbocycles. The van der Waals surface area contributed by atoms with Crippen molar-refractivity contribution in [3.8, 4) is 0 Å². The van der Waals surface area contributed by atoms with Gasteiger partial charge >= 0.3 is 23.8 Å². The Morgan fingerprint density at radius 1 is 0.979 bits per heavy atom. The number of hydrogen-bond acceptors (Lipinski definition) is 11. The highest BCUT2D eigenvalue weighted by atomic mass is 32.1. The van der Waals surface area contributed by atoms with Crippen molar-refractivity contribution in [2.45, 2.75) is 97.2 Å². The molecule has 1 heterocycles. The number of hydrogen-bond donors (Lipinski definition) is 5. The van der Waals surface area contributed by atoms with Crippen LogP contribution in [0.5, 0.6) is 0 Å². The van der Waals surface area contributed by atoms with Crippen LogP contribution in [0.1, 0.15) is 70.2 Å². The number of carboxylic acids is 2. The number of amides is 4. The molecule has 0 saturated heterocycles. The van der Waals surface area contributed by atoms with Crippen LogP contribution in [-0.2, 0) is 64.8 Å². The van der Waals surface area contributed by atoms with E-state index in [1.54, 1.807) is 39.8 Å². The van der Waals surface area contributed by atoms with E-state index in [1.165, 1.54) is 4.90 Å². The van der Waals surface area contributed by atoms with E-state index in [4.69, 9.17) is 24.9 Å². The number of carboxylic acid groups (broad SMARTS) is 2. The molecule has 0 aromatic heterocycles. The first-order chi connectivity index (χ1) is 22.3. The van der Waals surface area contributed by atoms with Crippen molar-refractivity contribution in [2.75, 3.05) is 6.54 Å². The lowest BCUT2D eigenvalue weighted by molar-refractivity contribution is -0.494. The lowest BCUT2D eigenvalue weighted by atomic mass is 9.88. The fourth-order valence-corrected chi connectivity index (χ4v) is 6.49. The summed E-state index contributed by atoms with van der Waals surface area (Å²) in [6, 6.07) is -1.42. The minimum absolute atomic E-state index is 0.0893. The van der Waals surface area contributed by atoms with Crippen LogP contribution in [-0.4, -0.2) is 107 Å². The van der Waals surface area contributed by atoms with Gasteiger partial charge in [-0.3, -0.25) is 24.1 Å². The molecule has 1 aliphatic heterocycles. The van der Waals surface area contributed by atoms with Gasteiger partial charge < -0.3 is 30.7 Å². The molecule has 0 radical (unpaired) electrons. The monoisotopic (exact) mass is 709 g/mol. The van der Waals surface area contributed by atoms with Crippen LogP contribution >= 0.6 is 0 Å². The number of rotatable bonds is 16. The minimum atomic E-state index is -1.70. The molecule has 1 unspecified atom stereocenters. The standard InChI is InChI=1S/C31H41N5O10S2/c1-15(2)25(35(47)18(6)38)28(43)33-22(13-24(41)42)30(45)36(48)26(16(3)4)31(46)34-10-9-19-11-17(5)7-8-21(19)27(34)29(44)32-20(14-37)12-23(39)40/h7-8,11,14-16,20,22,25-27,31,46H,9-10,12-13H2,1-6H3,(H2-2,32,33,39,40,41,42,43,44)/p+2/t20-,22-,25-,26-,27+,31?/m0/s1. The largest absolute Gasteiger partial charge is 0.481 e. The normalized spacial score (nSPS) is 17.6.